The summed E-state index contributed by atoms with van der Waals surface area (Å²) in [5.74, 6) is 2.41. The second-order valence-corrected chi connectivity index (χ2v) is 11.2. The van der Waals surface area contributed by atoms with Crippen LogP contribution in [0.2, 0.25) is 5.02 Å². The third-order valence-corrected chi connectivity index (χ3v) is 7.53. The molecule has 0 bridgehead atoms. The minimum Gasteiger partial charge on any atom is -0.490 e. The summed E-state index contributed by atoms with van der Waals surface area (Å²) in [7, 11) is -3.98. The number of hydrogen-bond acceptors (Lipinski definition) is 6. The van der Waals surface area contributed by atoms with Gasteiger partial charge in [0.15, 0.2) is 11.5 Å². The molecule has 198 valence electrons. The molecule has 3 rings (SSSR count). The number of amides is 1. The lowest BCUT2D eigenvalue weighted by atomic mass is 10.1. The van der Waals surface area contributed by atoms with Crippen LogP contribution in [0, 0.1) is 15.9 Å². The van der Waals surface area contributed by atoms with Gasteiger partial charge < -0.3 is 9.47 Å². The minimum absolute atomic E-state index is 0.0181. The van der Waals surface area contributed by atoms with E-state index in [1.807, 2.05) is 37.3 Å². The highest BCUT2D eigenvalue weighted by atomic mass is 127. The van der Waals surface area contributed by atoms with E-state index in [1.54, 1.807) is 24.3 Å². The second kappa shape index (κ2) is 14.2. The molecule has 0 spiro atoms. The summed E-state index contributed by atoms with van der Waals surface area (Å²) in [5.41, 5.74) is 3.71. The number of terminal acetylenes is 1. The lowest BCUT2D eigenvalue weighted by Crippen LogP contribution is -2.46. The standard InChI is InChI=1S/C27H25ClIN3O5S/c1-3-14-37-26-23(28)15-20(17-25(26)36-4-2)18-30-31-27(33)24(16-19-8-6-5-7-9-19)32-38(34,35)22-12-10-21(29)11-13-22/h1,5-13,15,17-18,24,32H,4,14,16H2,2H3,(H,31,33)/b30-18-/t24-/m1/s1. The van der Waals surface area contributed by atoms with Crippen LogP contribution in [0.25, 0.3) is 0 Å². The SMILES string of the molecule is C#CCOc1c(Cl)cc(/C=N\NC(=O)[C@@H](Cc2ccccc2)NS(=O)(=O)c2ccc(I)cc2)cc1OCC. The predicted molar refractivity (Wildman–Crippen MR) is 156 cm³/mol. The maximum Gasteiger partial charge on any atom is 0.258 e. The highest BCUT2D eigenvalue weighted by molar-refractivity contribution is 14.1. The minimum atomic E-state index is -3.98. The van der Waals surface area contributed by atoms with Crippen molar-refractivity contribution in [3.05, 3.63) is 86.4 Å². The van der Waals surface area contributed by atoms with Gasteiger partial charge in [0, 0.05) is 3.57 Å². The average Bonchev–Trinajstić information content (AvgIpc) is 2.89. The van der Waals surface area contributed by atoms with Gasteiger partial charge in [-0.2, -0.15) is 9.82 Å². The first-order valence-corrected chi connectivity index (χ1v) is 14.3. The summed E-state index contributed by atoms with van der Waals surface area (Å²) < 4.78 is 40.4. The molecule has 0 radical (unpaired) electrons. The van der Waals surface area contributed by atoms with Gasteiger partial charge in [-0.25, -0.2) is 13.8 Å². The van der Waals surface area contributed by atoms with Crippen molar-refractivity contribution in [3.63, 3.8) is 0 Å². The smallest absolute Gasteiger partial charge is 0.258 e. The van der Waals surface area contributed by atoms with E-state index in [0.717, 1.165) is 9.13 Å². The van der Waals surface area contributed by atoms with Crippen LogP contribution in [-0.2, 0) is 21.2 Å². The van der Waals surface area contributed by atoms with Gasteiger partial charge in [-0.15, -0.1) is 6.42 Å². The fourth-order valence-electron chi connectivity index (χ4n) is 3.33. The fourth-order valence-corrected chi connectivity index (χ4v) is 5.16. The van der Waals surface area contributed by atoms with Gasteiger partial charge in [-0.05, 0) is 83.5 Å². The molecule has 11 heteroatoms. The van der Waals surface area contributed by atoms with Crippen LogP contribution in [0.15, 0.2) is 76.7 Å². The number of rotatable bonds is 12. The summed E-state index contributed by atoms with van der Waals surface area (Å²) in [5, 5.41) is 4.26. The summed E-state index contributed by atoms with van der Waals surface area (Å²) in [4.78, 5) is 13.1. The number of nitrogens with zero attached hydrogens (tertiary/aromatic N) is 1. The summed E-state index contributed by atoms with van der Waals surface area (Å²) >= 11 is 8.41. The molecule has 0 saturated carbocycles. The van der Waals surface area contributed by atoms with Crippen molar-refractivity contribution in [2.75, 3.05) is 13.2 Å². The molecule has 0 aliphatic rings. The van der Waals surface area contributed by atoms with E-state index >= 15 is 0 Å². The zero-order valence-electron chi connectivity index (χ0n) is 20.4. The lowest BCUT2D eigenvalue weighted by molar-refractivity contribution is -0.122. The van der Waals surface area contributed by atoms with Gasteiger partial charge in [0.25, 0.3) is 5.91 Å². The molecule has 0 aliphatic carbocycles. The molecular formula is C27H25ClIN3O5S. The van der Waals surface area contributed by atoms with E-state index in [4.69, 9.17) is 27.5 Å². The van der Waals surface area contributed by atoms with Gasteiger partial charge in [0.2, 0.25) is 10.0 Å². The maximum absolute atomic E-state index is 13.1. The lowest BCUT2D eigenvalue weighted by Gasteiger charge is -2.17. The number of hydrogen-bond donors (Lipinski definition) is 2. The zero-order chi connectivity index (χ0) is 27.5. The molecule has 0 fully saturated rings. The van der Waals surface area contributed by atoms with Crippen molar-refractivity contribution < 1.29 is 22.7 Å². The molecule has 3 aromatic carbocycles. The quantitative estimate of drug-likeness (QED) is 0.129. The maximum atomic E-state index is 13.1. The molecule has 1 amide bonds. The van der Waals surface area contributed by atoms with Crippen molar-refractivity contribution in [1.29, 1.82) is 0 Å². The number of nitrogens with one attached hydrogen (secondary N) is 2. The molecule has 2 N–H and O–H groups in total. The van der Waals surface area contributed by atoms with Crippen molar-refractivity contribution in [2.24, 2.45) is 5.10 Å². The molecular weight excluding hydrogens is 641 g/mol. The van der Waals surface area contributed by atoms with Crippen LogP contribution in [-0.4, -0.2) is 39.8 Å². The van der Waals surface area contributed by atoms with Gasteiger partial charge in [0.1, 0.15) is 12.6 Å². The van der Waals surface area contributed by atoms with E-state index in [9.17, 15) is 13.2 Å². The Labute approximate surface area is 241 Å². The monoisotopic (exact) mass is 665 g/mol. The van der Waals surface area contributed by atoms with Crippen molar-refractivity contribution in [1.82, 2.24) is 10.1 Å². The normalized spacial score (nSPS) is 12.1. The fraction of sp³-hybridized carbons (Fsp3) is 0.185. The Balaban J connectivity index is 1.80. The summed E-state index contributed by atoms with van der Waals surface area (Å²) in [6.07, 6.45) is 6.75. The topological polar surface area (TPSA) is 106 Å². The number of ether oxygens (including phenoxy) is 2. The molecule has 0 unspecified atom stereocenters. The zero-order valence-corrected chi connectivity index (χ0v) is 24.1. The second-order valence-electron chi connectivity index (χ2n) is 7.81. The summed E-state index contributed by atoms with van der Waals surface area (Å²) in [6.45, 7) is 2.19. The molecule has 3 aromatic rings. The first kappa shape index (κ1) is 29.4. The number of hydrazone groups is 1. The number of carbonyl (C=O) groups excluding carboxylic acids is 1. The van der Waals surface area contributed by atoms with Crippen molar-refractivity contribution >= 4 is 56.3 Å². The van der Waals surface area contributed by atoms with E-state index in [1.165, 1.54) is 18.3 Å². The Morgan fingerprint density at radius 1 is 1.16 bits per heavy atom. The molecule has 0 aromatic heterocycles. The van der Waals surface area contributed by atoms with Gasteiger partial charge >= 0.3 is 0 Å². The Morgan fingerprint density at radius 2 is 1.87 bits per heavy atom. The third-order valence-electron chi connectivity index (χ3n) is 5.04. The van der Waals surface area contributed by atoms with Crippen LogP contribution in [0.4, 0.5) is 0 Å². The molecule has 0 saturated heterocycles. The largest absolute Gasteiger partial charge is 0.490 e. The van der Waals surface area contributed by atoms with Crippen LogP contribution < -0.4 is 19.6 Å². The van der Waals surface area contributed by atoms with Crippen molar-refractivity contribution in [2.45, 2.75) is 24.3 Å². The Hall–Kier alpha value is -3.11. The van der Waals surface area contributed by atoms with Crippen LogP contribution >= 0.6 is 34.2 Å². The number of benzene rings is 3. The highest BCUT2D eigenvalue weighted by Gasteiger charge is 2.26. The van der Waals surface area contributed by atoms with Crippen LogP contribution in [0.5, 0.6) is 11.5 Å². The number of carbonyl (C=O) groups is 1. The van der Waals surface area contributed by atoms with E-state index < -0.39 is 22.0 Å². The van der Waals surface area contributed by atoms with Gasteiger partial charge in [-0.3, -0.25) is 4.79 Å². The van der Waals surface area contributed by atoms with Crippen LogP contribution in [0.3, 0.4) is 0 Å². The predicted octanol–water partition coefficient (Wildman–Crippen LogP) is 4.40. The van der Waals surface area contributed by atoms with E-state index in [-0.39, 0.29) is 22.9 Å². The Bertz CT molecular complexity index is 1430. The van der Waals surface area contributed by atoms with Gasteiger partial charge in [-0.1, -0.05) is 47.9 Å². The molecule has 0 aliphatic heterocycles. The Morgan fingerprint density at radius 3 is 2.53 bits per heavy atom. The van der Waals surface area contributed by atoms with E-state index in [0.29, 0.717) is 23.7 Å². The number of sulfonamides is 1. The molecule has 38 heavy (non-hydrogen) atoms. The molecule has 0 heterocycles. The molecule has 1 atom stereocenters. The first-order chi connectivity index (χ1) is 18.2. The highest BCUT2D eigenvalue weighted by Crippen LogP contribution is 2.36. The Kier molecular flexibility index (Phi) is 11.0. The van der Waals surface area contributed by atoms with Crippen LogP contribution in [0.1, 0.15) is 18.1 Å². The van der Waals surface area contributed by atoms with Crippen molar-refractivity contribution in [3.8, 4) is 23.8 Å². The molecule has 8 nitrogen and oxygen atoms in total. The third kappa shape index (κ3) is 8.46. The van der Waals surface area contributed by atoms with E-state index in [2.05, 4.69) is 43.8 Å². The first-order valence-electron chi connectivity index (χ1n) is 11.4. The average molecular weight is 666 g/mol. The summed E-state index contributed by atoms with van der Waals surface area (Å²) in [6, 6.07) is 17.5. The van der Waals surface area contributed by atoms with Gasteiger partial charge in [0.05, 0.1) is 22.7 Å². The number of halogens is 2.